The molecule has 0 atom stereocenters. The van der Waals surface area contributed by atoms with E-state index < -0.39 is 11.7 Å². The molecule has 1 aliphatic rings. The van der Waals surface area contributed by atoms with Gasteiger partial charge in [0.1, 0.15) is 5.84 Å². The van der Waals surface area contributed by atoms with Gasteiger partial charge in [0.15, 0.2) is 0 Å². The van der Waals surface area contributed by atoms with Gasteiger partial charge in [0.05, 0.1) is 6.54 Å². The molecular formula is C30H40F3N5. The first-order valence-corrected chi connectivity index (χ1v) is 13.1. The highest BCUT2D eigenvalue weighted by atomic mass is 19.4. The fourth-order valence-electron chi connectivity index (χ4n) is 4.45. The van der Waals surface area contributed by atoms with Crippen molar-refractivity contribution >= 4 is 17.2 Å². The normalized spacial score (nSPS) is 16.3. The molecule has 1 aliphatic heterocycles. The first-order valence-electron chi connectivity index (χ1n) is 13.1. The average molecular weight is 528 g/mol. The second-order valence-electron chi connectivity index (χ2n) is 10.8. The number of benzene rings is 2. The summed E-state index contributed by atoms with van der Waals surface area (Å²) in [6.45, 7) is 10.1. The zero-order chi connectivity index (χ0) is 27.8. The highest BCUT2D eigenvalue weighted by Crippen LogP contribution is 2.30. The molecule has 8 heteroatoms. The van der Waals surface area contributed by atoms with E-state index in [4.69, 9.17) is 16.5 Å². The zero-order valence-corrected chi connectivity index (χ0v) is 22.6. The van der Waals surface area contributed by atoms with Crippen molar-refractivity contribution in [3.63, 3.8) is 0 Å². The number of anilines is 2. The van der Waals surface area contributed by atoms with Crippen molar-refractivity contribution in [2.75, 3.05) is 37.2 Å². The fourth-order valence-corrected chi connectivity index (χ4v) is 4.45. The van der Waals surface area contributed by atoms with E-state index in [0.29, 0.717) is 29.2 Å². The van der Waals surface area contributed by atoms with Gasteiger partial charge in [0, 0.05) is 35.5 Å². The lowest BCUT2D eigenvalue weighted by Crippen LogP contribution is -2.32. The Bertz CT molecular complexity index is 1140. The number of halogens is 3. The summed E-state index contributed by atoms with van der Waals surface area (Å²) < 4.78 is 40.4. The summed E-state index contributed by atoms with van der Waals surface area (Å²) in [6, 6.07) is 13.2. The Hall–Kier alpha value is -3.26. The summed E-state index contributed by atoms with van der Waals surface area (Å²) >= 11 is 0. The molecule has 206 valence electrons. The van der Waals surface area contributed by atoms with Gasteiger partial charge in [-0.25, -0.2) is 0 Å². The number of aliphatic imine (C=N–C) groups is 1. The number of nitrogens with one attached hydrogen (secondary N) is 1. The lowest BCUT2D eigenvalue weighted by atomic mass is 9.87. The quantitative estimate of drug-likeness (QED) is 0.160. The number of nitrogens with zero attached hydrogens (tertiary/aromatic N) is 2. The second-order valence-corrected chi connectivity index (χ2v) is 10.8. The van der Waals surface area contributed by atoms with Crippen LogP contribution in [0.3, 0.4) is 0 Å². The minimum Gasteiger partial charge on any atom is -0.405 e. The summed E-state index contributed by atoms with van der Waals surface area (Å²) in [6.07, 6.45) is 2.17. The van der Waals surface area contributed by atoms with E-state index in [1.807, 2.05) is 12.1 Å². The molecule has 38 heavy (non-hydrogen) atoms. The van der Waals surface area contributed by atoms with Crippen molar-refractivity contribution in [2.24, 2.45) is 10.7 Å². The minimum atomic E-state index is -4.46. The van der Waals surface area contributed by atoms with Gasteiger partial charge in [0.25, 0.3) is 0 Å². The molecule has 5 nitrogen and oxygen atoms in total. The third kappa shape index (κ3) is 8.65. The number of alkyl halides is 3. The summed E-state index contributed by atoms with van der Waals surface area (Å²) in [7, 11) is 0. The molecule has 3 rings (SSSR count). The molecule has 0 aromatic heterocycles. The highest BCUT2D eigenvalue weighted by Gasteiger charge is 2.33. The molecule has 0 aliphatic carbocycles. The average Bonchev–Trinajstić information content (AvgIpc) is 2.86. The van der Waals surface area contributed by atoms with E-state index in [2.05, 4.69) is 43.1 Å². The smallest absolute Gasteiger partial charge is 0.405 e. The van der Waals surface area contributed by atoms with Crippen molar-refractivity contribution < 1.29 is 13.2 Å². The molecule has 0 unspecified atom stereocenters. The molecule has 5 N–H and O–H groups in total. The van der Waals surface area contributed by atoms with Crippen LogP contribution in [0.2, 0.25) is 0 Å². The molecule has 1 heterocycles. The van der Waals surface area contributed by atoms with Crippen LogP contribution in [0.4, 0.5) is 24.5 Å². The Morgan fingerprint density at radius 1 is 1.03 bits per heavy atom. The van der Waals surface area contributed by atoms with E-state index in [1.54, 1.807) is 18.2 Å². The van der Waals surface area contributed by atoms with Crippen LogP contribution in [0, 0.1) is 0 Å². The first kappa shape index (κ1) is 29.3. The van der Waals surface area contributed by atoms with E-state index in [1.165, 1.54) is 30.9 Å². The van der Waals surface area contributed by atoms with Crippen LogP contribution < -0.4 is 16.8 Å². The number of hydrogen-bond acceptors (Lipinski definition) is 4. The van der Waals surface area contributed by atoms with Crippen LogP contribution in [0.5, 0.6) is 0 Å². The number of rotatable bonds is 8. The van der Waals surface area contributed by atoms with E-state index in [0.717, 1.165) is 37.6 Å². The third-order valence-corrected chi connectivity index (χ3v) is 6.69. The molecule has 0 saturated carbocycles. The number of nitrogens with two attached hydrogens (primary N) is 2. The van der Waals surface area contributed by atoms with Crippen LogP contribution >= 0.6 is 0 Å². The minimum absolute atomic E-state index is 0.0355. The predicted molar refractivity (Wildman–Crippen MR) is 152 cm³/mol. The Kier molecular flexibility index (Phi) is 10.0. The predicted octanol–water partition coefficient (Wildman–Crippen LogP) is 6.41. The second kappa shape index (κ2) is 13.0. The molecular weight excluding hydrogens is 487 g/mol. The summed E-state index contributed by atoms with van der Waals surface area (Å²) in [4.78, 5) is 7.27. The van der Waals surface area contributed by atoms with Crippen molar-refractivity contribution in [3.05, 3.63) is 83.1 Å². The summed E-state index contributed by atoms with van der Waals surface area (Å²) in [5.41, 5.74) is 14.5. The van der Waals surface area contributed by atoms with E-state index in [-0.39, 0.29) is 11.8 Å². The van der Waals surface area contributed by atoms with Crippen molar-refractivity contribution in [2.45, 2.75) is 58.0 Å². The van der Waals surface area contributed by atoms with Gasteiger partial charge in [-0.15, -0.1) is 0 Å². The topological polar surface area (TPSA) is 79.7 Å². The van der Waals surface area contributed by atoms with Crippen LogP contribution in [0.25, 0.3) is 0 Å². The Labute approximate surface area is 224 Å². The Morgan fingerprint density at radius 2 is 1.71 bits per heavy atom. The SMILES string of the molecule is CC(C)(C)c1ccc(NC(=NCCN2CCCCC2)c2ccc(C/C(=C\C=C/N)C(F)(F)F)cc2N)cc1. The first-order chi connectivity index (χ1) is 18.0. The summed E-state index contributed by atoms with van der Waals surface area (Å²) in [5.74, 6) is 0.604. The van der Waals surface area contributed by atoms with Crippen LogP contribution in [-0.2, 0) is 11.8 Å². The van der Waals surface area contributed by atoms with E-state index in [9.17, 15) is 13.2 Å². The molecule has 2 aromatic carbocycles. The highest BCUT2D eigenvalue weighted by molar-refractivity contribution is 6.11. The van der Waals surface area contributed by atoms with Gasteiger partial charge in [-0.3, -0.25) is 4.99 Å². The van der Waals surface area contributed by atoms with Crippen LogP contribution in [0.15, 0.2) is 71.4 Å². The van der Waals surface area contributed by atoms with Crippen LogP contribution in [0.1, 0.15) is 56.7 Å². The fraction of sp³-hybridized carbons (Fsp3) is 0.433. The van der Waals surface area contributed by atoms with Gasteiger partial charge >= 0.3 is 6.18 Å². The van der Waals surface area contributed by atoms with E-state index >= 15 is 0 Å². The van der Waals surface area contributed by atoms with Crippen molar-refractivity contribution in [1.29, 1.82) is 0 Å². The zero-order valence-electron chi connectivity index (χ0n) is 22.6. The van der Waals surface area contributed by atoms with Gasteiger partial charge in [-0.2, -0.15) is 13.2 Å². The lowest BCUT2D eigenvalue weighted by molar-refractivity contribution is -0.0931. The molecule has 0 bridgehead atoms. The molecule has 0 radical (unpaired) electrons. The number of nitrogen functional groups attached to an aromatic ring is 1. The van der Waals surface area contributed by atoms with Crippen LogP contribution in [-0.4, -0.2) is 43.1 Å². The van der Waals surface area contributed by atoms with Gasteiger partial charge in [-0.1, -0.05) is 51.5 Å². The third-order valence-electron chi connectivity index (χ3n) is 6.69. The maximum absolute atomic E-state index is 13.5. The largest absolute Gasteiger partial charge is 0.413 e. The standard InChI is InChI=1S/C30H40F3N5/c1-29(2,3)23-10-12-25(13-11-23)37-28(36-16-19-38-17-5-4-6-18-38)26-14-9-22(21-27(26)35)20-24(8-7-15-34)30(31,32)33/h7-15,21H,4-6,16-20,34-35H2,1-3H3,(H,36,37)/b15-7-,24-8+. The van der Waals surface area contributed by atoms with Gasteiger partial charge in [0.2, 0.25) is 0 Å². The Morgan fingerprint density at radius 3 is 2.29 bits per heavy atom. The number of piperidine rings is 1. The molecule has 1 fully saturated rings. The summed E-state index contributed by atoms with van der Waals surface area (Å²) in [5, 5.41) is 3.40. The lowest BCUT2D eigenvalue weighted by Gasteiger charge is -2.25. The Balaban J connectivity index is 1.86. The van der Waals surface area contributed by atoms with Gasteiger partial charge in [-0.05, 0) is 79.0 Å². The molecule has 0 amide bonds. The maximum Gasteiger partial charge on any atom is 0.413 e. The van der Waals surface area contributed by atoms with Crippen molar-refractivity contribution in [1.82, 2.24) is 4.90 Å². The number of likely N-dealkylation sites (tertiary alicyclic amines) is 1. The monoisotopic (exact) mass is 527 g/mol. The van der Waals surface area contributed by atoms with Gasteiger partial charge < -0.3 is 21.7 Å². The maximum atomic E-state index is 13.5. The number of amidine groups is 1. The molecule has 1 saturated heterocycles. The molecule has 0 spiro atoms. The number of hydrogen-bond donors (Lipinski definition) is 3. The number of allylic oxidation sites excluding steroid dienone is 3. The van der Waals surface area contributed by atoms with Crippen molar-refractivity contribution in [3.8, 4) is 0 Å². The molecule has 2 aromatic rings.